The van der Waals surface area contributed by atoms with Gasteiger partial charge in [-0.2, -0.15) is 4.98 Å². The lowest BCUT2D eigenvalue weighted by atomic mass is 10.1. The van der Waals surface area contributed by atoms with Crippen molar-refractivity contribution in [2.75, 3.05) is 14.2 Å². The third kappa shape index (κ3) is 3.30. The van der Waals surface area contributed by atoms with Crippen LogP contribution >= 0.6 is 0 Å². The Labute approximate surface area is 151 Å². The summed E-state index contributed by atoms with van der Waals surface area (Å²) in [5.41, 5.74) is 2.57. The second-order valence-electron chi connectivity index (χ2n) is 6.00. The molecule has 3 aromatic rings. The molecule has 0 saturated heterocycles. The van der Waals surface area contributed by atoms with Crippen LogP contribution in [0.5, 0.6) is 11.5 Å². The van der Waals surface area contributed by atoms with Crippen molar-refractivity contribution in [2.24, 2.45) is 0 Å². The molecule has 0 saturated carbocycles. The quantitative estimate of drug-likeness (QED) is 0.755. The van der Waals surface area contributed by atoms with Crippen LogP contribution in [0.25, 0.3) is 5.78 Å². The summed E-state index contributed by atoms with van der Waals surface area (Å²) in [4.78, 5) is 21.1. The van der Waals surface area contributed by atoms with E-state index in [9.17, 15) is 4.79 Å². The molecular weight excluding hydrogens is 334 g/mol. The Morgan fingerprint density at radius 2 is 1.85 bits per heavy atom. The third-order valence-electron chi connectivity index (χ3n) is 4.08. The third-order valence-corrected chi connectivity index (χ3v) is 4.08. The summed E-state index contributed by atoms with van der Waals surface area (Å²) in [5, 5.41) is 7.14. The summed E-state index contributed by atoms with van der Waals surface area (Å²) in [6.07, 6.45) is 0. The van der Waals surface area contributed by atoms with Gasteiger partial charge in [0.15, 0.2) is 11.5 Å². The zero-order chi connectivity index (χ0) is 18.8. The van der Waals surface area contributed by atoms with E-state index < -0.39 is 0 Å². The van der Waals surface area contributed by atoms with Gasteiger partial charge >= 0.3 is 0 Å². The minimum atomic E-state index is -0.366. The Hall–Kier alpha value is -3.16. The number of methoxy groups -OCH3 is 2. The van der Waals surface area contributed by atoms with Gasteiger partial charge < -0.3 is 14.8 Å². The summed E-state index contributed by atoms with van der Waals surface area (Å²) in [6, 6.07) is 7.13. The van der Waals surface area contributed by atoms with Crippen LogP contribution in [0.1, 0.15) is 40.5 Å². The van der Waals surface area contributed by atoms with Crippen LogP contribution in [0.3, 0.4) is 0 Å². The summed E-state index contributed by atoms with van der Waals surface area (Å²) in [5.74, 6) is 1.36. The fourth-order valence-electron chi connectivity index (χ4n) is 2.73. The van der Waals surface area contributed by atoms with E-state index in [1.165, 1.54) is 0 Å². The van der Waals surface area contributed by atoms with Gasteiger partial charge in [0.25, 0.3) is 11.7 Å². The molecule has 1 unspecified atom stereocenters. The topological polar surface area (TPSA) is 90.6 Å². The molecule has 0 aliphatic rings. The van der Waals surface area contributed by atoms with Crippen molar-refractivity contribution in [3.63, 3.8) is 0 Å². The summed E-state index contributed by atoms with van der Waals surface area (Å²) >= 11 is 0. The fraction of sp³-hybridized carbons (Fsp3) is 0.333. The van der Waals surface area contributed by atoms with Crippen LogP contribution in [0, 0.1) is 13.8 Å². The number of nitrogens with zero attached hydrogens (tertiary/aromatic N) is 4. The standard InChI is InChI=1S/C18H21N5O3/c1-10-8-11(2)23-18(19-10)21-16(22-23)17(24)20-12(3)13-6-7-14(25-4)15(9-13)26-5/h6-9,12H,1-5H3,(H,20,24). The first kappa shape index (κ1) is 17.7. The number of fused-ring (bicyclic) bond motifs is 1. The van der Waals surface area contributed by atoms with E-state index in [-0.39, 0.29) is 17.8 Å². The zero-order valence-corrected chi connectivity index (χ0v) is 15.4. The number of benzene rings is 1. The first-order chi connectivity index (χ1) is 12.4. The summed E-state index contributed by atoms with van der Waals surface area (Å²) in [7, 11) is 3.15. The normalized spacial score (nSPS) is 12.0. The Balaban J connectivity index is 1.82. The van der Waals surface area contributed by atoms with Crippen LogP contribution in [0.15, 0.2) is 24.3 Å². The van der Waals surface area contributed by atoms with Crippen molar-refractivity contribution in [1.82, 2.24) is 24.9 Å². The number of ether oxygens (including phenoxy) is 2. The second kappa shape index (κ2) is 6.99. The van der Waals surface area contributed by atoms with Gasteiger partial charge in [-0.05, 0) is 44.5 Å². The smallest absolute Gasteiger partial charge is 0.291 e. The lowest BCUT2D eigenvalue weighted by Gasteiger charge is -2.15. The van der Waals surface area contributed by atoms with Gasteiger partial charge in [0.2, 0.25) is 5.82 Å². The van der Waals surface area contributed by atoms with Crippen LogP contribution < -0.4 is 14.8 Å². The fourth-order valence-corrected chi connectivity index (χ4v) is 2.73. The number of amides is 1. The molecule has 26 heavy (non-hydrogen) atoms. The predicted octanol–water partition coefficient (Wildman–Crippen LogP) is 2.25. The lowest BCUT2D eigenvalue weighted by molar-refractivity contribution is 0.0929. The van der Waals surface area contributed by atoms with E-state index in [2.05, 4.69) is 20.4 Å². The Kier molecular flexibility index (Phi) is 4.75. The molecule has 1 aromatic carbocycles. The van der Waals surface area contributed by atoms with Crippen LogP contribution in [0.4, 0.5) is 0 Å². The maximum absolute atomic E-state index is 12.5. The molecular formula is C18H21N5O3. The Morgan fingerprint density at radius 1 is 1.12 bits per heavy atom. The van der Waals surface area contributed by atoms with Gasteiger partial charge in [-0.25, -0.2) is 9.50 Å². The average molecular weight is 355 g/mol. The highest BCUT2D eigenvalue weighted by Gasteiger charge is 2.18. The maximum Gasteiger partial charge on any atom is 0.291 e. The minimum Gasteiger partial charge on any atom is -0.493 e. The average Bonchev–Trinajstić information content (AvgIpc) is 3.05. The number of hydrogen-bond acceptors (Lipinski definition) is 6. The van der Waals surface area contributed by atoms with E-state index in [4.69, 9.17) is 9.47 Å². The number of hydrogen-bond donors (Lipinski definition) is 1. The first-order valence-electron chi connectivity index (χ1n) is 8.16. The summed E-state index contributed by atoms with van der Waals surface area (Å²) in [6.45, 7) is 5.65. The molecule has 136 valence electrons. The van der Waals surface area contributed by atoms with E-state index in [1.807, 2.05) is 39.0 Å². The molecule has 2 heterocycles. The minimum absolute atomic E-state index is 0.0820. The van der Waals surface area contributed by atoms with Crippen molar-refractivity contribution in [1.29, 1.82) is 0 Å². The van der Waals surface area contributed by atoms with E-state index in [0.29, 0.717) is 17.3 Å². The number of rotatable bonds is 5. The highest BCUT2D eigenvalue weighted by Crippen LogP contribution is 2.29. The highest BCUT2D eigenvalue weighted by atomic mass is 16.5. The van der Waals surface area contributed by atoms with Gasteiger partial charge in [-0.15, -0.1) is 5.10 Å². The van der Waals surface area contributed by atoms with Gasteiger partial charge in [-0.3, -0.25) is 4.79 Å². The van der Waals surface area contributed by atoms with E-state index >= 15 is 0 Å². The lowest BCUT2D eigenvalue weighted by Crippen LogP contribution is -2.27. The molecule has 1 N–H and O–H groups in total. The molecule has 0 radical (unpaired) electrons. The molecule has 1 amide bonds. The van der Waals surface area contributed by atoms with Crippen molar-refractivity contribution >= 4 is 11.7 Å². The van der Waals surface area contributed by atoms with Crippen molar-refractivity contribution in [3.8, 4) is 11.5 Å². The molecule has 0 aliphatic heterocycles. The van der Waals surface area contributed by atoms with Gasteiger partial charge in [0, 0.05) is 11.4 Å². The van der Waals surface area contributed by atoms with Crippen LogP contribution in [-0.2, 0) is 0 Å². The monoisotopic (exact) mass is 355 g/mol. The first-order valence-corrected chi connectivity index (χ1v) is 8.16. The SMILES string of the molecule is COc1ccc(C(C)NC(=O)c2nc3nc(C)cc(C)n3n2)cc1OC. The molecule has 0 spiro atoms. The molecule has 0 bridgehead atoms. The summed E-state index contributed by atoms with van der Waals surface area (Å²) < 4.78 is 12.1. The van der Waals surface area contributed by atoms with Crippen LogP contribution in [0.2, 0.25) is 0 Å². The van der Waals surface area contributed by atoms with Crippen LogP contribution in [-0.4, -0.2) is 39.7 Å². The maximum atomic E-state index is 12.5. The van der Waals surface area contributed by atoms with Gasteiger partial charge in [-0.1, -0.05) is 6.07 Å². The molecule has 1 atom stereocenters. The predicted molar refractivity (Wildman–Crippen MR) is 95.7 cm³/mol. The van der Waals surface area contributed by atoms with Gasteiger partial charge in [0.1, 0.15) is 0 Å². The van der Waals surface area contributed by atoms with Gasteiger partial charge in [0.05, 0.1) is 20.3 Å². The van der Waals surface area contributed by atoms with E-state index in [1.54, 1.807) is 24.8 Å². The molecule has 8 nitrogen and oxygen atoms in total. The second-order valence-corrected chi connectivity index (χ2v) is 6.00. The number of aromatic nitrogens is 4. The molecule has 0 aliphatic carbocycles. The van der Waals surface area contributed by atoms with E-state index in [0.717, 1.165) is 17.0 Å². The number of nitrogens with one attached hydrogen (secondary N) is 1. The van der Waals surface area contributed by atoms with Crippen molar-refractivity contribution in [2.45, 2.75) is 26.8 Å². The Morgan fingerprint density at radius 3 is 2.54 bits per heavy atom. The Bertz CT molecular complexity index is 967. The zero-order valence-electron chi connectivity index (χ0n) is 15.4. The van der Waals surface area contributed by atoms with Crippen molar-refractivity contribution < 1.29 is 14.3 Å². The number of carbonyl (C=O) groups excluding carboxylic acids is 1. The molecule has 3 rings (SSSR count). The molecule has 8 heteroatoms. The number of aryl methyl sites for hydroxylation is 2. The molecule has 0 fully saturated rings. The highest BCUT2D eigenvalue weighted by molar-refractivity contribution is 5.91. The largest absolute Gasteiger partial charge is 0.493 e. The number of carbonyl (C=O) groups is 1. The van der Waals surface area contributed by atoms with Crippen molar-refractivity contribution in [3.05, 3.63) is 47.0 Å². The molecule has 2 aromatic heterocycles.